The molecule has 0 aromatic heterocycles. The fourth-order valence-corrected chi connectivity index (χ4v) is 7.33. The first-order valence-corrected chi connectivity index (χ1v) is 17.4. The van der Waals surface area contributed by atoms with Crippen LogP contribution in [0.25, 0.3) is 0 Å². The fraction of sp³-hybridized carbons (Fsp3) is 0.297. The van der Waals surface area contributed by atoms with Gasteiger partial charge in [-0.1, -0.05) is 67.8 Å². The minimum atomic E-state index is -4.40. The molecular formula is C37H39F2N3O5S. The van der Waals surface area contributed by atoms with E-state index in [9.17, 15) is 22.4 Å². The van der Waals surface area contributed by atoms with Gasteiger partial charge in [-0.05, 0) is 73.0 Å². The number of hydrogen-bond donors (Lipinski definition) is 1. The van der Waals surface area contributed by atoms with Crippen molar-refractivity contribution in [2.24, 2.45) is 0 Å². The lowest BCUT2D eigenvalue weighted by Gasteiger charge is -2.35. The van der Waals surface area contributed by atoms with Crippen LogP contribution in [-0.4, -0.2) is 50.9 Å². The molecule has 1 N–H and O–H groups in total. The van der Waals surface area contributed by atoms with Crippen molar-refractivity contribution in [3.05, 3.63) is 126 Å². The van der Waals surface area contributed by atoms with Crippen LogP contribution >= 0.6 is 0 Å². The summed E-state index contributed by atoms with van der Waals surface area (Å²) >= 11 is 0. The van der Waals surface area contributed by atoms with Gasteiger partial charge in [0.25, 0.3) is 10.0 Å². The van der Waals surface area contributed by atoms with E-state index in [1.807, 2.05) is 30.3 Å². The molecule has 252 valence electrons. The minimum Gasteiger partial charge on any atom is -0.497 e. The molecule has 5 rings (SSSR count). The number of amides is 2. The summed E-state index contributed by atoms with van der Waals surface area (Å²) in [5.41, 5.74) is 0.979. The molecule has 1 unspecified atom stereocenters. The summed E-state index contributed by atoms with van der Waals surface area (Å²) in [7, 11) is -2.94. The smallest absolute Gasteiger partial charge is 0.264 e. The van der Waals surface area contributed by atoms with Crippen molar-refractivity contribution in [2.45, 2.75) is 62.0 Å². The van der Waals surface area contributed by atoms with E-state index < -0.39 is 46.1 Å². The molecule has 1 aliphatic rings. The van der Waals surface area contributed by atoms with Gasteiger partial charge in [0.15, 0.2) is 0 Å². The minimum absolute atomic E-state index is 0.0395. The molecule has 0 spiro atoms. The SMILES string of the molecule is COc1ccc(S(=O)(=O)N(CC(=O)N(Cc2ccccc2F)C(Cc2ccccc2)C(=O)NC2CCCCC2)c2ccc(F)cc2)cc1. The number of carbonyl (C=O) groups excluding carboxylic acids is 2. The van der Waals surface area contributed by atoms with Gasteiger partial charge in [0.1, 0.15) is 30.0 Å². The third-order valence-electron chi connectivity index (χ3n) is 8.56. The molecule has 1 fully saturated rings. The Labute approximate surface area is 280 Å². The van der Waals surface area contributed by atoms with E-state index in [0.29, 0.717) is 5.75 Å². The number of sulfonamides is 1. The average Bonchev–Trinajstić information content (AvgIpc) is 3.10. The van der Waals surface area contributed by atoms with Gasteiger partial charge in [-0.3, -0.25) is 13.9 Å². The molecule has 0 heterocycles. The van der Waals surface area contributed by atoms with Crippen molar-refractivity contribution in [2.75, 3.05) is 18.0 Å². The van der Waals surface area contributed by atoms with Crippen molar-refractivity contribution < 1.29 is 31.5 Å². The maximum absolute atomic E-state index is 15.1. The number of anilines is 1. The Hall–Kier alpha value is -4.77. The second-order valence-electron chi connectivity index (χ2n) is 11.8. The molecule has 48 heavy (non-hydrogen) atoms. The van der Waals surface area contributed by atoms with Crippen molar-refractivity contribution in [1.29, 1.82) is 0 Å². The largest absolute Gasteiger partial charge is 0.497 e. The van der Waals surface area contributed by atoms with E-state index in [-0.39, 0.29) is 35.2 Å². The standard InChI is InChI=1S/C37H39F2N3O5S/c1-47-32-20-22-33(23-21-32)48(45,46)42(31-18-16-29(38)17-19-31)26-36(43)41(25-28-12-8-9-15-34(28)39)35(24-27-10-4-2-5-11-27)37(44)40-30-13-6-3-7-14-30/h2,4-5,8-12,15-23,30,35H,3,6-7,13-14,24-26H2,1H3,(H,40,44). The van der Waals surface area contributed by atoms with E-state index in [1.165, 1.54) is 66.6 Å². The van der Waals surface area contributed by atoms with Crippen LogP contribution < -0.4 is 14.4 Å². The number of hydrogen-bond acceptors (Lipinski definition) is 5. The average molecular weight is 676 g/mol. The summed E-state index contributed by atoms with van der Waals surface area (Å²) in [4.78, 5) is 29.8. The van der Waals surface area contributed by atoms with Crippen LogP contribution in [0.5, 0.6) is 5.75 Å². The van der Waals surface area contributed by atoms with Crippen molar-refractivity contribution >= 4 is 27.5 Å². The lowest BCUT2D eigenvalue weighted by Crippen LogP contribution is -2.55. The van der Waals surface area contributed by atoms with Gasteiger partial charge in [0.2, 0.25) is 11.8 Å². The highest BCUT2D eigenvalue weighted by Crippen LogP contribution is 2.27. The Balaban J connectivity index is 1.56. The molecule has 4 aromatic rings. The predicted octanol–water partition coefficient (Wildman–Crippen LogP) is 6.26. The summed E-state index contributed by atoms with van der Waals surface area (Å²) in [5, 5.41) is 3.12. The van der Waals surface area contributed by atoms with E-state index in [4.69, 9.17) is 4.74 Å². The fourth-order valence-electron chi connectivity index (χ4n) is 5.92. The van der Waals surface area contributed by atoms with Gasteiger partial charge < -0.3 is 15.0 Å². The lowest BCUT2D eigenvalue weighted by molar-refractivity contribution is -0.140. The lowest BCUT2D eigenvalue weighted by atomic mass is 9.94. The van der Waals surface area contributed by atoms with E-state index in [0.717, 1.165) is 54.1 Å². The van der Waals surface area contributed by atoms with Gasteiger partial charge in [0.05, 0.1) is 17.7 Å². The van der Waals surface area contributed by atoms with Gasteiger partial charge in [-0.25, -0.2) is 17.2 Å². The van der Waals surface area contributed by atoms with Crippen LogP contribution in [0.4, 0.5) is 14.5 Å². The first kappa shape index (κ1) is 34.6. The number of halogens is 2. The van der Waals surface area contributed by atoms with Crippen LogP contribution in [0.2, 0.25) is 0 Å². The number of nitrogens with zero attached hydrogens (tertiary/aromatic N) is 2. The summed E-state index contributed by atoms with van der Waals surface area (Å²) in [6, 6.07) is 24.4. The zero-order valence-corrected chi connectivity index (χ0v) is 27.5. The number of carbonyl (C=O) groups is 2. The van der Waals surface area contributed by atoms with Crippen LogP contribution in [0.1, 0.15) is 43.2 Å². The molecule has 8 nitrogen and oxygen atoms in total. The summed E-state index contributed by atoms with van der Waals surface area (Å²) in [5.74, 6) is -1.86. The molecule has 1 atom stereocenters. The van der Waals surface area contributed by atoms with Gasteiger partial charge in [-0.15, -0.1) is 0 Å². The van der Waals surface area contributed by atoms with E-state index in [1.54, 1.807) is 6.07 Å². The molecule has 1 saturated carbocycles. The topological polar surface area (TPSA) is 96.0 Å². The molecular weight excluding hydrogens is 636 g/mol. The van der Waals surface area contributed by atoms with Gasteiger partial charge in [0, 0.05) is 24.6 Å². The van der Waals surface area contributed by atoms with Gasteiger partial charge in [-0.2, -0.15) is 0 Å². The van der Waals surface area contributed by atoms with Crippen LogP contribution in [-0.2, 0) is 32.6 Å². The third-order valence-corrected chi connectivity index (χ3v) is 10.4. The molecule has 0 saturated heterocycles. The Morgan fingerprint density at radius 2 is 1.50 bits per heavy atom. The first-order chi connectivity index (χ1) is 23.2. The molecule has 1 aliphatic carbocycles. The summed E-state index contributed by atoms with van der Waals surface area (Å²) < 4.78 is 63.4. The van der Waals surface area contributed by atoms with Crippen LogP contribution in [0.3, 0.4) is 0 Å². The zero-order chi connectivity index (χ0) is 34.1. The normalized spacial score (nSPS) is 14.1. The molecule has 4 aromatic carbocycles. The Morgan fingerprint density at radius 3 is 2.15 bits per heavy atom. The van der Waals surface area contributed by atoms with Crippen molar-refractivity contribution in [1.82, 2.24) is 10.2 Å². The second kappa shape index (κ2) is 15.9. The van der Waals surface area contributed by atoms with Crippen LogP contribution in [0, 0.1) is 11.6 Å². The third kappa shape index (κ3) is 8.57. The maximum Gasteiger partial charge on any atom is 0.264 e. The summed E-state index contributed by atoms with van der Waals surface area (Å²) in [6.07, 6.45) is 4.76. The number of nitrogens with one attached hydrogen (secondary N) is 1. The van der Waals surface area contributed by atoms with E-state index >= 15 is 4.39 Å². The van der Waals surface area contributed by atoms with Crippen molar-refractivity contribution in [3.63, 3.8) is 0 Å². The summed E-state index contributed by atoms with van der Waals surface area (Å²) in [6.45, 7) is -1.03. The highest BCUT2D eigenvalue weighted by atomic mass is 32.2. The molecule has 11 heteroatoms. The number of rotatable bonds is 13. The van der Waals surface area contributed by atoms with Crippen molar-refractivity contribution in [3.8, 4) is 5.75 Å². The molecule has 0 aliphatic heterocycles. The highest BCUT2D eigenvalue weighted by Gasteiger charge is 2.36. The van der Waals surface area contributed by atoms with Crippen LogP contribution in [0.15, 0.2) is 108 Å². The monoisotopic (exact) mass is 675 g/mol. The molecule has 0 radical (unpaired) electrons. The van der Waals surface area contributed by atoms with Gasteiger partial charge >= 0.3 is 0 Å². The number of methoxy groups -OCH3 is 1. The predicted molar refractivity (Wildman–Crippen MR) is 180 cm³/mol. The Bertz CT molecular complexity index is 1780. The quantitative estimate of drug-likeness (QED) is 0.181. The number of benzene rings is 4. The maximum atomic E-state index is 15.1. The molecule has 2 amide bonds. The van der Waals surface area contributed by atoms with E-state index in [2.05, 4.69) is 5.32 Å². The Morgan fingerprint density at radius 1 is 0.854 bits per heavy atom. The molecule has 0 bridgehead atoms. The number of ether oxygens (including phenoxy) is 1. The first-order valence-electron chi connectivity index (χ1n) is 16.0. The zero-order valence-electron chi connectivity index (χ0n) is 26.7. The Kier molecular flexibility index (Phi) is 11.4. The highest BCUT2D eigenvalue weighted by molar-refractivity contribution is 7.92. The second-order valence-corrected chi connectivity index (χ2v) is 13.7.